The molecule has 2 aromatic rings. The molecule has 1 aromatic carbocycles. The standard InChI is InChI=1S/C19H24N4O3/c1-20(15-22-14-17(23(25)26)9-10-19(22)24)13-16-7-3-4-8-18(16)21-11-5-2-6-12-21/h3-4,7-10,14H,2,5-6,11-13,15H2,1H3/p+1. The molecule has 0 saturated carbocycles. The number of nitrogens with one attached hydrogen (secondary N) is 1. The fraction of sp³-hybridized carbons (Fsp3) is 0.421. The molecule has 0 spiro atoms. The molecule has 1 fully saturated rings. The van der Waals surface area contributed by atoms with Gasteiger partial charge >= 0.3 is 0 Å². The van der Waals surface area contributed by atoms with E-state index in [1.54, 1.807) is 0 Å². The van der Waals surface area contributed by atoms with Crippen LogP contribution in [0.1, 0.15) is 24.8 Å². The van der Waals surface area contributed by atoms with Crippen molar-refractivity contribution in [1.29, 1.82) is 0 Å². The van der Waals surface area contributed by atoms with Crippen molar-refractivity contribution in [2.75, 3.05) is 25.0 Å². The molecule has 1 saturated heterocycles. The molecule has 138 valence electrons. The van der Waals surface area contributed by atoms with Crippen LogP contribution in [-0.4, -0.2) is 29.6 Å². The van der Waals surface area contributed by atoms with E-state index in [-0.39, 0.29) is 11.2 Å². The minimum Gasteiger partial charge on any atom is -0.371 e. The summed E-state index contributed by atoms with van der Waals surface area (Å²) in [6.45, 7) is 3.30. The Morgan fingerprint density at radius 3 is 2.58 bits per heavy atom. The molecule has 0 bridgehead atoms. The molecule has 7 heteroatoms. The van der Waals surface area contributed by atoms with Crippen LogP contribution in [-0.2, 0) is 13.2 Å². The molecule has 0 radical (unpaired) electrons. The summed E-state index contributed by atoms with van der Waals surface area (Å²) < 4.78 is 1.41. The summed E-state index contributed by atoms with van der Waals surface area (Å²) in [6, 6.07) is 10.9. The lowest BCUT2D eigenvalue weighted by Crippen LogP contribution is -3.07. The Morgan fingerprint density at radius 2 is 1.85 bits per heavy atom. The zero-order valence-electron chi connectivity index (χ0n) is 15.1. The predicted molar refractivity (Wildman–Crippen MR) is 100 cm³/mol. The fourth-order valence-electron chi connectivity index (χ4n) is 3.53. The van der Waals surface area contributed by atoms with E-state index in [1.165, 1.54) is 53.4 Å². The molecule has 1 aliphatic rings. The van der Waals surface area contributed by atoms with Crippen LogP contribution in [0, 0.1) is 10.1 Å². The second-order valence-electron chi connectivity index (χ2n) is 6.92. The molecule has 1 unspecified atom stereocenters. The Kier molecular flexibility index (Phi) is 5.68. The van der Waals surface area contributed by atoms with Crippen LogP contribution >= 0.6 is 0 Å². The van der Waals surface area contributed by atoms with Gasteiger partial charge in [-0.15, -0.1) is 0 Å². The number of nitrogens with zero attached hydrogens (tertiary/aromatic N) is 3. The van der Waals surface area contributed by atoms with Crippen LogP contribution < -0.4 is 15.4 Å². The first-order valence-electron chi connectivity index (χ1n) is 9.03. The molecule has 1 aromatic heterocycles. The minimum absolute atomic E-state index is 0.0638. The number of hydrogen-bond acceptors (Lipinski definition) is 4. The van der Waals surface area contributed by atoms with Gasteiger partial charge < -0.3 is 9.80 Å². The summed E-state index contributed by atoms with van der Waals surface area (Å²) in [7, 11) is 2.00. The summed E-state index contributed by atoms with van der Waals surface area (Å²) in [5, 5.41) is 10.9. The summed E-state index contributed by atoms with van der Waals surface area (Å²) >= 11 is 0. The van der Waals surface area contributed by atoms with Gasteiger partial charge in [0.1, 0.15) is 6.54 Å². The lowest BCUT2D eigenvalue weighted by atomic mass is 10.1. The molecular formula is C19H25N4O3+. The number of pyridine rings is 1. The van der Waals surface area contributed by atoms with Gasteiger partial charge in [-0.25, -0.2) is 0 Å². The van der Waals surface area contributed by atoms with E-state index in [2.05, 4.69) is 23.1 Å². The summed E-state index contributed by atoms with van der Waals surface area (Å²) in [6.07, 6.45) is 5.06. The van der Waals surface area contributed by atoms with Gasteiger partial charge in [0.25, 0.3) is 11.2 Å². The monoisotopic (exact) mass is 357 g/mol. The topological polar surface area (TPSA) is 72.8 Å². The van der Waals surface area contributed by atoms with Crippen molar-refractivity contribution in [1.82, 2.24) is 4.57 Å². The van der Waals surface area contributed by atoms with Crippen molar-refractivity contribution in [2.45, 2.75) is 32.5 Å². The summed E-state index contributed by atoms with van der Waals surface area (Å²) in [5.74, 6) is 0. The number of benzene rings is 1. The van der Waals surface area contributed by atoms with E-state index in [4.69, 9.17) is 0 Å². The van der Waals surface area contributed by atoms with Gasteiger partial charge in [0, 0.05) is 36.5 Å². The van der Waals surface area contributed by atoms with Gasteiger partial charge in [0.2, 0.25) is 0 Å². The van der Waals surface area contributed by atoms with Crippen molar-refractivity contribution in [2.24, 2.45) is 0 Å². The summed E-state index contributed by atoms with van der Waals surface area (Å²) in [5.41, 5.74) is 2.22. The average Bonchev–Trinajstić information content (AvgIpc) is 2.64. The molecule has 0 amide bonds. The van der Waals surface area contributed by atoms with Crippen LogP contribution in [0.25, 0.3) is 0 Å². The smallest absolute Gasteiger partial charge is 0.285 e. The molecule has 2 heterocycles. The number of para-hydroxylation sites is 1. The Morgan fingerprint density at radius 1 is 1.12 bits per heavy atom. The molecule has 1 N–H and O–H groups in total. The van der Waals surface area contributed by atoms with Crippen LogP contribution in [0.4, 0.5) is 11.4 Å². The molecule has 26 heavy (non-hydrogen) atoms. The second-order valence-corrected chi connectivity index (χ2v) is 6.92. The highest BCUT2D eigenvalue weighted by atomic mass is 16.6. The fourth-order valence-corrected chi connectivity index (χ4v) is 3.53. The molecule has 1 aliphatic heterocycles. The highest BCUT2D eigenvalue weighted by molar-refractivity contribution is 5.53. The number of hydrogen-bond donors (Lipinski definition) is 1. The van der Waals surface area contributed by atoms with E-state index in [0.29, 0.717) is 6.67 Å². The highest BCUT2D eigenvalue weighted by Crippen LogP contribution is 2.23. The van der Waals surface area contributed by atoms with E-state index in [1.807, 2.05) is 13.1 Å². The number of quaternary nitrogens is 1. The van der Waals surface area contributed by atoms with E-state index in [9.17, 15) is 14.9 Å². The third-order valence-electron chi connectivity index (χ3n) is 4.80. The molecular weight excluding hydrogens is 332 g/mol. The Hall–Kier alpha value is -2.67. The third kappa shape index (κ3) is 4.29. The Bertz CT molecular complexity index is 828. The highest BCUT2D eigenvalue weighted by Gasteiger charge is 2.17. The zero-order chi connectivity index (χ0) is 18.5. The lowest BCUT2D eigenvalue weighted by molar-refractivity contribution is -0.917. The first kappa shape index (κ1) is 18.1. The third-order valence-corrected chi connectivity index (χ3v) is 4.80. The maximum absolute atomic E-state index is 12.0. The van der Waals surface area contributed by atoms with Crippen LogP contribution in [0.2, 0.25) is 0 Å². The number of aromatic nitrogens is 1. The van der Waals surface area contributed by atoms with Crippen LogP contribution in [0.15, 0.2) is 47.4 Å². The van der Waals surface area contributed by atoms with Gasteiger partial charge in [-0.05, 0) is 25.3 Å². The maximum Gasteiger partial charge on any atom is 0.285 e. The lowest BCUT2D eigenvalue weighted by Gasteiger charge is -2.31. The van der Waals surface area contributed by atoms with E-state index >= 15 is 0 Å². The zero-order valence-corrected chi connectivity index (χ0v) is 15.1. The molecule has 7 nitrogen and oxygen atoms in total. The van der Waals surface area contributed by atoms with Gasteiger partial charge in [-0.3, -0.25) is 19.5 Å². The predicted octanol–water partition coefficient (Wildman–Crippen LogP) is 1.42. The number of rotatable bonds is 6. The first-order valence-corrected chi connectivity index (χ1v) is 9.03. The van der Waals surface area contributed by atoms with Crippen molar-refractivity contribution in [3.8, 4) is 0 Å². The minimum atomic E-state index is -0.475. The normalized spacial score (nSPS) is 15.7. The van der Waals surface area contributed by atoms with Crippen molar-refractivity contribution in [3.63, 3.8) is 0 Å². The Labute approximate surface area is 152 Å². The quantitative estimate of drug-likeness (QED) is 0.627. The second kappa shape index (κ2) is 8.14. The maximum atomic E-state index is 12.0. The van der Waals surface area contributed by atoms with Crippen LogP contribution in [0.5, 0.6) is 0 Å². The van der Waals surface area contributed by atoms with E-state index in [0.717, 1.165) is 24.5 Å². The van der Waals surface area contributed by atoms with Gasteiger partial charge in [0.15, 0.2) is 6.67 Å². The van der Waals surface area contributed by atoms with Gasteiger partial charge in [-0.2, -0.15) is 0 Å². The molecule has 1 atom stereocenters. The first-order chi connectivity index (χ1) is 12.5. The van der Waals surface area contributed by atoms with Gasteiger partial charge in [0.05, 0.1) is 18.2 Å². The Balaban J connectivity index is 1.75. The molecule has 0 aliphatic carbocycles. The number of anilines is 1. The van der Waals surface area contributed by atoms with Crippen molar-refractivity contribution < 1.29 is 9.82 Å². The SMILES string of the molecule is C[NH+](Cc1ccccc1N1CCCCC1)Cn1cc([N+](=O)[O-])ccc1=O. The average molecular weight is 357 g/mol. The van der Waals surface area contributed by atoms with Gasteiger partial charge in [-0.1, -0.05) is 18.2 Å². The largest absolute Gasteiger partial charge is 0.371 e. The van der Waals surface area contributed by atoms with Crippen LogP contribution in [0.3, 0.4) is 0 Å². The van der Waals surface area contributed by atoms with Crippen molar-refractivity contribution in [3.05, 3.63) is 68.6 Å². The number of nitro groups is 1. The summed E-state index contributed by atoms with van der Waals surface area (Å²) in [4.78, 5) is 26.0. The number of piperidine rings is 1. The molecule has 3 rings (SSSR count). The van der Waals surface area contributed by atoms with Crippen molar-refractivity contribution >= 4 is 11.4 Å². The van der Waals surface area contributed by atoms with E-state index < -0.39 is 4.92 Å².